The second-order valence-electron chi connectivity index (χ2n) is 6.69. The number of rotatable bonds is 7. The van der Waals surface area contributed by atoms with Gasteiger partial charge >= 0.3 is 0 Å². The average Bonchev–Trinajstić information content (AvgIpc) is 2.71. The molecule has 3 aromatic carbocycles. The van der Waals surface area contributed by atoms with Crippen LogP contribution in [-0.2, 0) is 14.8 Å². The quantitative estimate of drug-likeness (QED) is 0.549. The maximum absolute atomic E-state index is 12.6. The van der Waals surface area contributed by atoms with Crippen LogP contribution in [0.5, 0.6) is 5.75 Å². The largest absolute Gasteiger partial charge is 0.484 e. The Kier molecular flexibility index (Phi) is 6.64. The highest BCUT2D eigenvalue weighted by molar-refractivity contribution is 7.92. The normalized spacial score (nSPS) is 11.0. The molecule has 0 aliphatic carbocycles. The molecule has 0 spiro atoms. The number of hydrogen-bond acceptors (Lipinski definition) is 4. The fourth-order valence-electron chi connectivity index (χ4n) is 2.62. The highest BCUT2D eigenvalue weighted by atomic mass is 35.5. The predicted octanol–water partition coefficient (Wildman–Crippen LogP) is 4.78. The molecule has 0 bridgehead atoms. The first kappa shape index (κ1) is 21.7. The van der Waals surface area contributed by atoms with Crippen molar-refractivity contribution < 1.29 is 17.9 Å². The second kappa shape index (κ2) is 9.19. The molecule has 0 aromatic heterocycles. The summed E-state index contributed by atoms with van der Waals surface area (Å²) in [7, 11) is -3.79. The second-order valence-corrected chi connectivity index (χ2v) is 8.78. The lowest BCUT2D eigenvalue weighted by Gasteiger charge is -2.12. The third kappa shape index (κ3) is 5.52. The Bertz CT molecular complexity index is 1140. The highest BCUT2D eigenvalue weighted by Crippen LogP contribution is 2.26. The van der Waals surface area contributed by atoms with E-state index in [4.69, 9.17) is 16.3 Å². The molecule has 3 rings (SSSR count). The van der Waals surface area contributed by atoms with Crippen LogP contribution in [0, 0.1) is 13.8 Å². The summed E-state index contributed by atoms with van der Waals surface area (Å²) < 4.78 is 33.2. The third-order valence-electron chi connectivity index (χ3n) is 4.35. The van der Waals surface area contributed by atoms with Gasteiger partial charge in [-0.3, -0.25) is 9.52 Å². The summed E-state index contributed by atoms with van der Waals surface area (Å²) in [5.41, 5.74) is 2.61. The molecule has 30 heavy (non-hydrogen) atoms. The van der Waals surface area contributed by atoms with E-state index in [1.54, 1.807) is 37.3 Å². The maximum atomic E-state index is 12.6. The van der Waals surface area contributed by atoms with E-state index in [1.807, 2.05) is 19.1 Å². The molecule has 0 aliphatic rings. The molecule has 6 nitrogen and oxygen atoms in total. The maximum Gasteiger partial charge on any atom is 0.262 e. The van der Waals surface area contributed by atoms with Crippen LogP contribution in [0.25, 0.3) is 0 Å². The van der Waals surface area contributed by atoms with Crippen molar-refractivity contribution in [3.8, 4) is 5.75 Å². The van der Waals surface area contributed by atoms with Gasteiger partial charge in [-0.25, -0.2) is 8.42 Å². The zero-order valence-electron chi connectivity index (χ0n) is 16.5. The lowest BCUT2D eigenvalue weighted by molar-refractivity contribution is -0.118. The zero-order valence-corrected chi connectivity index (χ0v) is 18.0. The van der Waals surface area contributed by atoms with E-state index < -0.39 is 10.0 Å². The minimum Gasteiger partial charge on any atom is -0.484 e. The molecule has 0 radical (unpaired) electrons. The van der Waals surface area contributed by atoms with E-state index in [-0.39, 0.29) is 17.4 Å². The molecule has 1 amide bonds. The van der Waals surface area contributed by atoms with Gasteiger partial charge in [0, 0.05) is 10.7 Å². The van der Waals surface area contributed by atoms with E-state index in [0.29, 0.717) is 27.7 Å². The molecule has 8 heteroatoms. The summed E-state index contributed by atoms with van der Waals surface area (Å²) in [5, 5.41) is 3.15. The number of sulfonamides is 1. The SMILES string of the molecule is Cc1ccc(OCC(=O)Nc2ccc(S(=O)(=O)Nc3cccc(Cl)c3C)cc2)cc1. The van der Waals surface area contributed by atoms with Gasteiger partial charge in [-0.15, -0.1) is 0 Å². The van der Waals surface area contributed by atoms with Crippen molar-refractivity contribution in [2.24, 2.45) is 0 Å². The summed E-state index contributed by atoms with van der Waals surface area (Å²) in [4.78, 5) is 12.1. The van der Waals surface area contributed by atoms with Crippen LogP contribution in [0.1, 0.15) is 11.1 Å². The van der Waals surface area contributed by atoms with Crippen LogP contribution in [0.2, 0.25) is 5.02 Å². The molecule has 3 aromatic rings. The van der Waals surface area contributed by atoms with Gasteiger partial charge in [0.25, 0.3) is 15.9 Å². The minimum atomic E-state index is -3.79. The van der Waals surface area contributed by atoms with Gasteiger partial charge in [0.2, 0.25) is 0 Å². The molecular formula is C22H21ClN2O4S. The van der Waals surface area contributed by atoms with Gasteiger partial charge < -0.3 is 10.1 Å². The average molecular weight is 445 g/mol. The molecule has 0 saturated heterocycles. The lowest BCUT2D eigenvalue weighted by atomic mass is 10.2. The smallest absolute Gasteiger partial charge is 0.262 e. The number of ether oxygens (including phenoxy) is 1. The van der Waals surface area contributed by atoms with Crippen LogP contribution in [0.4, 0.5) is 11.4 Å². The van der Waals surface area contributed by atoms with Crippen molar-refractivity contribution in [3.05, 3.63) is 82.9 Å². The van der Waals surface area contributed by atoms with E-state index in [9.17, 15) is 13.2 Å². The summed E-state index contributed by atoms with van der Waals surface area (Å²) in [6.07, 6.45) is 0. The fraction of sp³-hybridized carbons (Fsp3) is 0.136. The number of benzene rings is 3. The van der Waals surface area contributed by atoms with Crippen LogP contribution >= 0.6 is 11.6 Å². The first-order valence-corrected chi connectivity index (χ1v) is 11.0. The standard InChI is InChI=1S/C22H21ClN2O4S/c1-15-6-10-18(11-7-15)29-14-22(26)24-17-8-12-19(13-9-17)30(27,28)25-21-5-3-4-20(23)16(21)2/h3-13,25H,14H2,1-2H3,(H,24,26). The number of carbonyl (C=O) groups excluding carboxylic acids is 1. The van der Waals surface area contributed by atoms with E-state index in [2.05, 4.69) is 10.0 Å². The van der Waals surface area contributed by atoms with Gasteiger partial charge in [0.1, 0.15) is 5.75 Å². The predicted molar refractivity (Wildman–Crippen MR) is 119 cm³/mol. The molecule has 2 N–H and O–H groups in total. The fourth-order valence-corrected chi connectivity index (χ4v) is 3.92. The van der Waals surface area contributed by atoms with Crippen LogP contribution in [0.3, 0.4) is 0 Å². The first-order chi connectivity index (χ1) is 14.2. The van der Waals surface area contributed by atoms with Gasteiger partial charge in [0.05, 0.1) is 10.6 Å². The van der Waals surface area contributed by atoms with Crippen molar-refractivity contribution in [1.29, 1.82) is 0 Å². The van der Waals surface area contributed by atoms with Gasteiger partial charge in [0.15, 0.2) is 6.61 Å². The van der Waals surface area contributed by atoms with Gasteiger partial charge in [-0.05, 0) is 67.9 Å². The Morgan fingerprint density at radius 2 is 1.63 bits per heavy atom. The Balaban J connectivity index is 1.61. The number of amides is 1. The molecule has 0 atom stereocenters. The Hall–Kier alpha value is -3.03. The third-order valence-corrected chi connectivity index (χ3v) is 6.14. The number of carbonyl (C=O) groups is 1. The number of aryl methyl sites for hydroxylation is 1. The molecule has 0 fully saturated rings. The van der Waals surface area contributed by atoms with Crippen LogP contribution in [0.15, 0.2) is 71.6 Å². The van der Waals surface area contributed by atoms with Crippen molar-refractivity contribution >= 4 is 38.9 Å². The first-order valence-electron chi connectivity index (χ1n) is 9.12. The highest BCUT2D eigenvalue weighted by Gasteiger charge is 2.16. The summed E-state index contributed by atoms with van der Waals surface area (Å²) in [6.45, 7) is 3.54. The number of halogens is 1. The number of nitrogens with one attached hydrogen (secondary N) is 2. The summed E-state index contributed by atoms with van der Waals surface area (Å²) in [5.74, 6) is 0.249. The van der Waals surface area contributed by atoms with E-state index in [0.717, 1.165) is 5.56 Å². The zero-order chi connectivity index (χ0) is 21.7. The minimum absolute atomic E-state index is 0.0655. The molecule has 156 valence electrons. The Labute approximate surface area is 180 Å². The molecule has 0 aliphatic heterocycles. The molecule has 0 saturated carbocycles. The molecule has 0 unspecified atom stereocenters. The number of anilines is 2. The monoisotopic (exact) mass is 444 g/mol. The van der Waals surface area contributed by atoms with E-state index >= 15 is 0 Å². The van der Waals surface area contributed by atoms with Crippen LogP contribution < -0.4 is 14.8 Å². The van der Waals surface area contributed by atoms with Crippen molar-refractivity contribution in [3.63, 3.8) is 0 Å². The molecular weight excluding hydrogens is 424 g/mol. The summed E-state index contributed by atoms with van der Waals surface area (Å²) in [6, 6.07) is 18.2. The van der Waals surface area contributed by atoms with Crippen LogP contribution in [-0.4, -0.2) is 20.9 Å². The van der Waals surface area contributed by atoms with Crippen molar-refractivity contribution in [2.45, 2.75) is 18.7 Å². The Morgan fingerprint density at radius 3 is 2.30 bits per heavy atom. The van der Waals surface area contributed by atoms with Crippen molar-refractivity contribution in [2.75, 3.05) is 16.6 Å². The van der Waals surface area contributed by atoms with Gasteiger partial charge in [-0.2, -0.15) is 0 Å². The molecule has 0 heterocycles. The van der Waals surface area contributed by atoms with E-state index in [1.165, 1.54) is 24.3 Å². The lowest BCUT2D eigenvalue weighted by Crippen LogP contribution is -2.20. The number of hydrogen-bond donors (Lipinski definition) is 2. The topological polar surface area (TPSA) is 84.5 Å². The van der Waals surface area contributed by atoms with Crippen molar-refractivity contribution in [1.82, 2.24) is 0 Å². The van der Waals surface area contributed by atoms with Gasteiger partial charge in [-0.1, -0.05) is 35.4 Å². The Morgan fingerprint density at radius 1 is 0.967 bits per heavy atom. The summed E-state index contributed by atoms with van der Waals surface area (Å²) >= 11 is 6.04.